The molecule has 0 aliphatic heterocycles. The molecule has 0 fully saturated rings. The van der Waals surface area contributed by atoms with Gasteiger partial charge >= 0.3 is 0 Å². The molecule has 1 aromatic heterocycles. The molecule has 1 heterocycles. The maximum Gasteiger partial charge on any atom is 0.230 e. The van der Waals surface area contributed by atoms with Gasteiger partial charge in [0.25, 0.3) is 0 Å². The number of aromatic nitrogens is 1. The van der Waals surface area contributed by atoms with Crippen molar-refractivity contribution < 1.29 is 13.3 Å². The molecular formula is C16H20F2N2O. The van der Waals surface area contributed by atoms with Gasteiger partial charge in [-0.3, -0.25) is 0 Å². The normalized spacial score (nSPS) is 13.4. The van der Waals surface area contributed by atoms with Crippen LogP contribution in [0.15, 0.2) is 22.7 Å². The van der Waals surface area contributed by atoms with Crippen LogP contribution in [0.4, 0.5) is 14.7 Å². The third-order valence-electron chi connectivity index (χ3n) is 3.92. The minimum Gasteiger partial charge on any atom is -0.367 e. The fourth-order valence-corrected chi connectivity index (χ4v) is 2.08. The first-order valence-corrected chi connectivity index (χ1v) is 6.89. The van der Waals surface area contributed by atoms with Crippen LogP contribution in [-0.4, -0.2) is 5.16 Å². The maximum atomic E-state index is 13.4. The Morgan fingerprint density at radius 2 is 1.76 bits per heavy atom. The standard InChI is InChI=1S/C16H20F2N2O/c1-9(16(2,3)4)5-13-14(15(19)21-20-13)10-6-11(17)8-12(18)7-10/h6-9H,5,19H2,1-4H3. The second kappa shape index (κ2) is 5.47. The molecule has 0 spiro atoms. The molecule has 21 heavy (non-hydrogen) atoms. The van der Waals surface area contributed by atoms with Crippen molar-refractivity contribution in [3.8, 4) is 11.1 Å². The maximum absolute atomic E-state index is 13.4. The largest absolute Gasteiger partial charge is 0.367 e. The molecule has 2 rings (SSSR count). The molecule has 5 heteroatoms. The van der Waals surface area contributed by atoms with Crippen molar-refractivity contribution >= 4 is 5.88 Å². The van der Waals surface area contributed by atoms with Crippen LogP contribution in [0.2, 0.25) is 0 Å². The van der Waals surface area contributed by atoms with Crippen molar-refractivity contribution in [2.75, 3.05) is 5.73 Å². The fourth-order valence-electron chi connectivity index (χ4n) is 2.08. The lowest BCUT2D eigenvalue weighted by atomic mass is 9.79. The number of anilines is 1. The summed E-state index contributed by atoms with van der Waals surface area (Å²) in [6, 6.07) is 3.29. The quantitative estimate of drug-likeness (QED) is 0.911. The van der Waals surface area contributed by atoms with Crippen molar-refractivity contribution in [2.45, 2.75) is 34.1 Å². The Balaban J connectivity index is 2.43. The second-order valence-electron chi connectivity index (χ2n) is 6.50. The Hall–Kier alpha value is -1.91. The van der Waals surface area contributed by atoms with Crippen LogP contribution >= 0.6 is 0 Å². The molecule has 3 nitrogen and oxygen atoms in total. The minimum absolute atomic E-state index is 0.0797. The van der Waals surface area contributed by atoms with Crippen LogP contribution in [0.5, 0.6) is 0 Å². The minimum atomic E-state index is -0.652. The van der Waals surface area contributed by atoms with E-state index >= 15 is 0 Å². The van der Waals surface area contributed by atoms with Gasteiger partial charge in [0, 0.05) is 6.07 Å². The lowest BCUT2D eigenvalue weighted by molar-refractivity contribution is 0.255. The highest BCUT2D eigenvalue weighted by molar-refractivity contribution is 5.75. The van der Waals surface area contributed by atoms with Crippen molar-refractivity contribution in [1.29, 1.82) is 0 Å². The molecule has 1 atom stereocenters. The smallest absolute Gasteiger partial charge is 0.230 e. The van der Waals surface area contributed by atoms with E-state index in [0.29, 0.717) is 29.2 Å². The highest BCUT2D eigenvalue weighted by Gasteiger charge is 2.25. The van der Waals surface area contributed by atoms with Crippen molar-refractivity contribution in [2.24, 2.45) is 11.3 Å². The number of nitrogen functional groups attached to an aromatic ring is 1. The number of hydrogen-bond donors (Lipinski definition) is 1. The Morgan fingerprint density at radius 1 is 1.19 bits per heavy atom. The average Bonchev–Trinajstić information content (AvgIpc) is 2.68. The van der Waals surface area contributed by atoms with Gasteiger partial charge in [0.1, 0.15) is 11.6 Å². The van der Waals surface area contributed by atoms with Crippen LogP contribution in [0.1, 0.15) is 33.4 Å². The van der Waals surface area contributed by atoms with Gasteiger partial charge in [-0.2, -0.15) is 0 Å². The summed E-state index contributed by atoms with van der Waals surface area (Å²) in [6.07, 6.45) is 0.623. The van der Waals surface area contributed by atoms with Crippen LogP contribution in [0.3, 0.4) is 0 Å². The Morgan fingerprint density at radius 3 is 2.29 bits per heavy atom. The summed E-state index contributed by atoms with van der Waals surface area (Å²) >= 11 is 0. The third-order valence-corrected chi connectivity index (χ3v) is 3.92. The molecular weight excluding hydrogens is 274 g/mol. The lowest BCUT2D eigenvalue weighted by Crippen LogP contribution is -2.19. The molecule has 1 aromatic carbocycles. The number of benzene rings is 1. The topological polar surface area (TPSA) is 52.0 Å². The van der Waals surface area contributed by atoms with E-state index in [1.165, 1.54) is 12.1 Å². The molecule has 114 valence electrons. The summed E-state index contributed by atoms with van der Waals surface area (Å²) in [4.78, 5) is 0. The van der Waals surface area contributed by atoms with E-state index in [0.717, 1.165) is 6.07 Å². The van der Waals surface area contributed by atoms with E-state index in [4.69, 9.17) is 10.3 Å². The SMILES string of the molecule is CC(Cc1noc(N)c1-c1cc(F)cc(F)c1)C(C)(C)C. The Kier molecular flexibility index (Phi) is 4.03. The van der Waals surface area contributed by atoms with Gasteiger partial charge < -0.3 is 10.3 Å². The molecule has 0 saturated carbocycles. The zero-order chi connectivity index (χ0) is 15.8. The summed E-state index contributed by atoms with van der Waals surface area (Å²) in [6.45, 7) is 8.48. The summed E-state index contributed by atoms with van der Waals surface area (Å²) in [5.41, 5.74) is 7.32. The van der Waals surface area contributed by atoms with Gasteiger partial charge in [-0.15, -0.1) is 0 Å². The van der Waals surface area contributed by atoms with E-state index in [-0.39, 0.29) is 11.3 Å². The number of rotatable bonds is 3. The molecule has 0 amide bonds. The Labute approximate surface area is 123 Å². The predicted octanol–water partition coefficient (Wildman–Crippen LogP) is 4.43. The predicted molar refractivity (Wildman–Crippen MR) is 78.6 cm³/mol. The van der Waals surface area contributed by atoms with E-state index in [9.17, 15) is 8.78 Å². The summed E-state index contributed by atoms with van der Waals surface area (Å²) in [5.74, 6) is -0.920. The average molecular weight is 294 g/mol. The molecule has 2 N–H and O–H groups in total. The summed E-state index contributed by atoms with van der Waals surface area (Å²) in [7, 11) is 0. The lowest BCUT2D eigenvalue weighted by Gasteiger charge is -2.26. The Bertz CT molecular complexity index is 624. The first-order valence-electron chi connectivity index (χ1n) is 6.89. The van der Waals surface area contributed by atoms with Gasteiger partial charge in [0.05, 0.1) is 11.3 Å². The van der Waals surface area contributed by atoms with E-state index in [1.807, 2.05) is 0 Å². The number of hydrogen-bond acceptors (Lipinski definition) is 3. The first-order chi connectivity index (χ1) is 9.68. The summed E-state index contributed by atoms with van der Waals surface area (Å²) < 4.78 is 31.8. The van der Waals surface area contributed by atoms with E-state index < -0.39 is 11.6 Å². The van der Waals surface area contributed by atoms with Crippen LogP contribution < -0.4 is 5.73 Å². The van der Waals surface area contributed by atoms with E-state index in [1.54, 1.807) is 0 Å². The van der Waals surface area contributed by atoms with Gasteiger partial charge in [-0.05, 0) is 35.4 Å². The molecule has 1 unspecified atom stereocenters. The zero-order valence-corrected chi connectivity index (χ0v) is 12.7. The highest BCUT2D eigenvalue weighted by Crippen LogP contribution is 2.35. The first kappa shape index (κ1) is 15.5. The molecule has 0 aliphatic rings. The second-order valence-corrected chi connectivity index (χ2v) is 6.50. The fraction of sp³-hybridized carbons (Fsp3) is 0.438. The van der Waals surface area contributed by atoms with Crippen LogP contribution in [0, 0.1) is 23.0 Å². The molecule has 0 bridgehead atoms. The summed E-state index contributed by atoms with van der Waals surface area (Å²) in [5, 5.41) is 3.96. The molecule has 0 radical (unpaired) electrons. The van der Waals surface area contributed by atoms with E-state index in [2.05, 4.69) is 32.9 Å². The number of nitrogens with zero attached hydrogens (tertiary/aromatic N) is 1. The van der Waals surface area contributed by atoms with Crippen molar-refractivity contribution in [3.63, 3.8) is 0 Å². The van der Waals surface area contributed by atoms with Crippen LogP contribution in [-0.2, 0) is 6.42 Å². The molecule has 0 saturated heterocycles. The van der Waals surface area contributed by atoms with Crippen LogP contribution in [0.25, 0.3) is 11.1 Å². The van der Waals surface area contributed by atoms with Crippen molar-refractivity contribution in [3.05, 3.63) is 35.5 Å². The van der Waals surface area contributed by atoms with Gasteiger partial charge in [0.15, 0.2) is 0 Å². The molecule has 2 aromatic rings. The third kappa shape index (κ3) is 3.40. The number of nitrogens with two attached hydrogens (primary N) is 1. The van der Waals surface area contributed by atoms with Crippen molar-refractivity contribution in [1.82, 2.24) is 5.16 Å². The van der Waals surface area contributed by atoms with Gasteiger partial charge in [-0.1, -0.05) is 32.9 Å². The monoisotopic (exact) mass is 294 g/mol. The van der Waals surface area contributed by atoms with Gasteiger partial charge in [0.2, 0.25) is 5.88 Å². The zero-order valence-electron chi connectivity index (χ0n) is 12.7. The number of halogens is 2. The molecule has 0 aliphatic carbocycles. The highest BCUT2D eigenvalue weighted by atomic mass is 19.1. The van der Waals surface area contributed by atoms with Gasteiger partial charge in [-0.25, -0.2) is 8.78 Å².